The zero-order chi connectivity index (χ0) is 16.4. The van der Waals surface area contributed by atoms with Crippen LogP contribution >= 0.6 is 0 Å². The zero-order valence-corrected chi connectivity index (χ0v) is 13.9. The van der Waals surface area contributed by atoms with E-state index >= 15 is 0 Å². The van der Waals surface area contributed by atoms with Crippen molar-refractivity contribution in [3.63, 3.8) is 0 Å². The first kappa shape index (κ1) is 14.9. The summed E-state index contributed by atoms with van der Waals surface area (Å²) in [6.45, 7) is 4.35. The van der Waals surface area contributed by atoms with Crippen molar-refractivity contribution in [2.24, 2.45) is 0 Å². The van der Waals surface area contributed by atoms with E-state index in [9.17, 15) is 0 Å². The number of hydrogen-bond acceptors (Lipinski definition) is 5. The fraction of sp³-hybridized carbons (Fsp3) is 0.389. The van der Waals surface area contributed by atoms with Gasteiger partial charge in [-0.2, -0.15) is 4.98 Å². The topological polar surface area (TPSA) is 69.7 Å². The Morgan fingerprint density at radius 3 is 2.88 bits per heavy atom. The van der Waals surface area contributed by atoms with Crippen LogP contribution in [-0.4, -0.2) is 33.0 Å². The van der Waals surface area contributed by atoms with Gasteiger partial charge in [-0.1, -0.05) is 13.3 Å². The average molecular weight is 322 g/mol. The summed E-state index contributed by atoms with van der Waals surface area (Å²) in [5.74, 6) is 1.71. The zero-order valence-electron chi connectivity index (χ0n) is 13.9. The number of anilines is 3. The Morgan fingerprint density at radius 2 is 2.04 bits per heavy atom. The number of nitrogens with zero attached hydrogens (tertiary/aromatic N) is 4. The number of hydrogen-bond donors (Lipinski definition) is 2. The lowest BCUT2D eigenvalue weighted by Crippen LogP contribution is -2.20. The van der Waals surface area contributed by atoms with Crippen LogP contribution in [0.15, 0.2) is 30.6 Å². The smallest absolute Gasteiger partial charge is 0.229 e. The summed E-state index contributed by atoms with van der Waals surface area (Å²) in [4.78, 5) is 19.2. The highest BCUT2D eigenvalue weighted by Crippen LogP contribution is 2.23. The van der Waals surface area contributed by atoms with E-state index in [4.69, 9.17) is 4.98 Å². The summed E-state index contributed by atoms with van der Waals surface area (Å²) < 4.78 is 0. The lowest BCUT2D eigenvalue weighted by molar-refractivity contribution is 0.859. The predicted molar refractivity (Wildman–Crippen MR) is 96.9 cm³/mol. The molecule has 0 radical (unpaired) electrons. The third kappa shape index (κ3) is 3.04. The van der Waals surface area contributed by atoms with E-state index < -0.39 is 0 Å². The molecule has 2 N–H and O–H groups in total. The molecule has 1 aliphatic rings. The molecule has 3 aromatic rings. The molecule has 6 heteroatoms. The third-order valence-electron chi connectivity index (χ3n) is 4.38. The molecule has 3 heterocycles. The molecular weight excluding hydrogens is 300 g/mol. The molecule has 0 aliphatic carbocycles. The number of fused-ring (bicyclic) bond motifs is 1. The highest BCUT2D eigenvalue weighted by atomic mass is 15.2. The molecule has 24 heavy (non-hydrogen) atoms. The van der Waals surface area contributed by atoms with Crippen LogP contribution in [0.4, 0.5) is 17.5 Å². The molecule has 124 valence electrons. The van der Waals surface area contributed by atoms with Gasteiger partial charge in [0, 0.05) is 30.5 Å². The van der Waals surface area contributed by atoms with E-state index in [-0.39, 0.29) is 0 Å². The summed E-state index contributed by atoms with van der Waals surface area (Å²) in [5.41, 5.74) is 4.02. The van der Waals surface area contributed by atoms with E-state index in [1.54, 1.807) is 6.33 Å². The van der Waals surface area contributed by atoms with Crippen molar-refractivity contribution in [2.45, 2.75) is 32.6 Å². The van der Waals surface area contributed by atoms with Gasteiger partial charge in [-0.15, -0.1) is 0 Å². The lowest BCUT2D eigenvalue weighted by atomic mass is 10.2. The molecule has 0 unspecified atom stereocenters. The quantitative estimate of drug-likeness (QED) is 0.750. The first-order chi connectivity index (χ1) is 11.8. The van der Waals surface area contributed by atoms with Crippen molar-refractivity contribution in [2.75, 3.05) is 23.3 Å². The Hall–Kier alpha value is -2.63. The number of H-pyrrole nitrogens is 1. The van der Waals surface area contributed by atoms with Gasteiger partial charge >= 0.3 is 0 Å². The number of aromatic nitrogens is 4. The second-order valence-electron chi connectivity index (χ2n) is 6.24. The van der Waals surface area contributed by atoms with Gasteiger partial charge < -0.3 is 15.2 Å². The molecule has 1 fully saturated rings. The standard InChI is InChI=1S/C18H22N6/c1-2-5-13-11-17(24-8-3-4-9-24)23-18(21-13)22-14-6-7-15-16(10-14)20-12-19-15/h6-7,10-12H,2-5,8-9H2,1H3,(H,19,20)(H,21,22,23). The van der Waals surface area contributed by atoms with E-state index in [1.165, 1.54) is 12.8 Å². The first-order valence-electron chi connectivity index (χ1n) is 8.65. The van der Waals surface area contributed by atoms with Crippen molar-refractivity contribution in [3.05, 3.63) is 36.3 Å². The number of aromatic amines is 1. The summed E-state index contributed by atoms with van der Waals surface area (Å²) in [7, 11) is 0. The Balaban J connectivity index is 1.64. The molecule has 4 rings (SSSR count). The average Bonchev–Trinajstić information content (AvgIpc) is 3.26. The van der Waals surface area contributed by atoms with E-state index in [2.05, 4.69) is 38.2 Å². The molecule has 0 atom stereocenters. The second-order valence-corrected chi connectivity index (χ2v) is 6.24. The Morgan fingerprint density at radius 1 is 1.17 bits per heavy atom. The van der Waals surface area contributed by atoms with Crippen molar-refractivity contribution in [3.8, 4) is 0 Å². The van der Waals surface area contributed by atoms with Crippen molar-refractivity contribution in [1.29, 1.82) is 0 Å². The largest absolute Gasteiger partial charge is 0.356 e. The van der Waals surface area contributed by atoms with Gasteiger partial charge in [0.25, 0.3) is 0 Å². The third-order valence-corrected chi connectivity index (χ3v) is 4.38. The molecule has 6 nitrogen and oxygen atoms in total. The minimum absolute atomic E-state index is 0.668. The highest BCUT2D eigenvalue weighted by molar-refractivity contribution is 5.79. The predicted octanol–water partition coefficient (Wildman–Crippen LogP) is 3.65. The summed E-state index contributed by atoms with van der Waals surface area (Å²) in [6.07, 6.45) is 6.24. The van der Waals surface area contributed by atoms with E-state index in [0.29, 0.717) is 5.95 Å². The molecule has 1 aliphatic heterocycles. The lowest BCUT2D eigenvalue weighted by Gasteiger charge is -2.18. The molecule has 0 amide bonds. The van der Waals surface area contributed by atoms with Crippen LogP contribution in [0.2, 0.25) is 0 Å². The number of rotatable bonds is 5. The first-order valence-corrected chi connectivity index (χ1v) is 8.65. The number of aryl methyl sites for hydroxylation is 1. The van der Waals surface area contributed by atoms with Gasteiger partial charge in [0.1, 0.15) is 5.82 Å². The molecule has 1 aromatic carbocycles. The van der Waals surface area contributed by atoms with E-state index in [0.717, 1.165) is 54.2 Å². The van der Waals surface area contributed by atoms with E-state index in [1.807, 2.05) is 18.2 Å². The van der Waals surface area contributed by atoms with Crippen molar-refractivity contribution in [1.82, 2.24) is 19.9 Å². The van der Waals surface area contributed by atoms with Crippen LogP contribution < -0.4 is 10.2 Å². The van der Waals surface area contributed by atoms with Crippen LogP contribution in [0, 0.1) is 0 Å². The maximum Gasteiger partial charge on any atom is 0.229 e. The van der Waals surface area contributed by atoms with Crippen LogP contribution in [0.3, 0.4) is 0 Å². The Bertz CT molecular complexity index is 834. The van der Waals surface area contributed by atoms with Gasteiger partial charge in [0.2, 0.25) is 5.95 Å². The number of imidazole rings is 1. The van der Waals surface area contributed by atoms with Crippen molar-refractivity contribution >= 4 is 28.5 Å². The minimum Gasteiger partial charge on any atom is -0.356 e. The van der Waals surface area contributed by atoms with Gasteiger partial charge in [-0.3, -0.25) is 0 Å². The Labute approximate surface area is 141 Å². The fourth-order valence-corrected chi connectivity index (χ4v) is 3.17. The monoisotopic (exact) mass is 322 g/mol. The second kappa shape index (κ2) is 6.47. The van der Waals surface area contributed by atoms with Gasteiger partial charge in [-0.05, 0) is 37.5 Å². The molecule has 1 saturated heterocycles. The maximum atomic E-state index is 4.74. The molecular formula is C18H22N6. The summed E-state index contributed by atoms with van der Waals surface area (Å²) in [6, 6.07) is 8.17. The molecule has 0 spiro atoms. The maximum absolute atomic E-state index is 4.74. The number of benzene rings is 1. The van der Waals surface area contributed by atoms with Crippen LogP contribution in [0.5, 0.6) is 0 Å². The van der Waals surface area contributed by atoms with Crippen LogP contribution in [-0.2, 0) is 6.42 Å². The number of nitrogens with one attached hydrogen (secondary N) is 2. The molecule has 2 aromatic heterocycles. The van der Waals surface area contributed by atoms with Crippen LogP contribution in [0.1, 0.15) is 31.9 Å². The molecule has 0 bridgehead atoms. The highest BCUT2D eigenvalue weighted by Gasteiger charge is 2.16. The van der Waals surface area contributed by atoms with Gasteiger partial charge in [0.15, 0.2) is 0 Å². The minimum atomic E-state index is 0.668. The Kier molecular flexibility index (Phi) is 4.02. The fourth-order valence-electron chi connectivity index (χ4n) is 3.17. The summed E-state index contributed by atoms with van der Waals surface area (Å²) >= 11 is 0. The summed E-state index contributed by atoms with van der Waals surface area (Å²) in [5, 5.41) is 3.35. The molecule has 0 saturated carbocycles. The van der Waals surface area contributed by atoms with Gasteiger partial charge in [0.05, 0.1) is 17.4 Å². The normalized spacial score (nSPS) is 14.5. The van der Waals surface area contributed by atoms with Crippen LogP contribution in [0.25, 0.3) is 11.0 Å². The van der Waals surface area contributed by atoms with Gasteiger partial charge in [-0.25, -0.2) is 9.97 Å². The van der Waals surface area contributed by atoms with Crippen molar-refractivity contribution < 1.29 is 0 Å². The SMILES string of the molecule is CCCc1cc(N2CCCC2)nc(Nc2ccc3nc[nH]c3c2)n1.